The maximum atomic E-state index is 10.9. The van der Waals surface area contributed by atoms with Gasteiger partial charge in [-0.15, -0.1) is 0 Å². The Hall–Kier alpha value is -0.610. The first kappa shape index (κ1) is 12.4. The summed E-state index contributed by atoms with van der Waals surface area (Å²) in [6, 6.07) is 0. The van der Waals surface area contributed by atoms with Gasteiger partial charge in [-0.1, -0.05) is 0 Å². The van der Waals surface area contributed by atoms with Crippen molar-refractivity contribution in [1.29, 1.82) is 0 Å². The standard InChI is InChI=1S/C9H20N2O2/c1-9(2,8(10)13)11-6-4-3-5-7-12/h11-12H,3-7H2,1-2H3,(H2,10,13). The lowest BCUT2D eigenvalue weighted by molar-refractivity contribution is -0.123. The molecule has 4 nitrogen and oxygen atoms in total. The lowest BCUT2D eigenvalue weighted by Crippen LogP contribution is -2.50. The summed E-state index contributed by atoms with van der Waals surface area (Å²) in [5.74, 6) is -0.338. The molecule has 0 aromatic rings. The smallest absolute Gasteiger partial charge is 0.237 e. The van der Waals surface area contributed by atoms with Gasteiger partial charge in [0.25, 0.3) is 0 Å². The van der Waals surface area contributed by atoms with Gasteiger partial charge in [-0.25, -0.2) is 0 Å². The lowest BCUT2D eigenvalue weighted by atomic mass is 10.1. The second-order valence-electron chi connectivity index (χ2n) is 3.70. The number of carbonyl (C=O) groups is 1. The van der Waals surface area contributed by atoms with Gasteiger partial charge in [-0.2, -0.15) is 0 Å². The Morgan fingerprint density at radius 1 is 1.38 bits per heavy atom. The molecule has 0 atom stereocenters. The SMILES string of the molecule is CC(C)(NCCCCCO)C(N)=O. The Labute approximate surface area is 79.5 Å². The summed E-state index contributed by atoms with van der Waals surface area (Å²) in [5, 5.41) is 11.6. The van der Waals surface area contributed by atoms with Crippen LogP contribution in [0.1, 0.15) is 33.1 Å². The summed E-state index contributed by atoms with van der Waals surface area (Å²) >= 11 is 0. The average Bonchev–Trinajstić information content (AvgIpc) is 2.03. The minimum atomic E-state index is -0.626. The topological polar surface area (TPSA) is 75.3 Å². The number of hydrogen-bond acceptors (Lipinski definition) is 3. The van der Waals surface area contributed by atoms with Gasteiger partial charge in [0.15, 0.2) is 0 Å². The second-order valence-corrected chi connectivity index (χ2v) is 3.70. The number of unbranched alkanes of at least 4 members (excludes halogenated alkanes) is 2. The van der Waals surface area contributed by atoms with Crippen molar-refractivity contribution >= 4 is 5.91 Å². The highest BCUT2D eigenvalue weighted by Crippen LogP contribution is 2.01. The summed E-state index contributed by atoms with van der Waals surface area (Å²) in [7, 11) is 0. The van der Waals surface area contributed by atoms with E-state index in [4.69, 9.17) is 10.8 Å². The van der Waals surface area contributed by atoms with E-state index in [1.54, 1.807) is 13.8 Å². The molecule has 0 radical (unpaired) electrons. The van der Waals surface area contributed by atoms with Crippen molar-refractivity contribution in [3.8, 4) is 0 Å². The lowest BCUT2D eigenvalue weighted by Gasteiger charge is -2.22. The molecule has 0 aliphatic rings. The summed E-state index contributed by atoms with van der Waals surface area (Å²) in [6.45, 7) is 4.53. The van der Waals surface area contributed by atoms with Crippen LogP contribution in [0, 0.1) is 0 Å². The van der Waals surface area contributed by atoms with Gasteiger partial charge in [-0.3, -0.25) is 4.79 Å². The van der Waals surface area contributed by atoms with Gasteiger partial charge >= 0.3 is 0 Å². The summed E-state index contributed by atoms with van der Waals surface area (Å²) in [6.07, 6.45) is 2.74. The monoisotopic (exact) mass is 188 g/mol. The van der Waals surface area contributed by atoms with Crippen LogP contribution in [0.2, 0.25) is 0 Å². The third-order valence-corrected chi connectivity index (χ3v) is 2.02. The molecule has 0 aromatic heterocycles. The molecule has 78 valence electrons. The molecule has 0 rings (SSSR count). The molecule has 0 aromatic carbocycles. The molecule has 0 heterocycles. The van der Waals surface area contributed by atoms with Gasteiger partial charge in [0.2, 0.25) is 5.91 Å². The highest BCUT2D eigenvalue weighted by atomic mass is 16.2. The molecule has 0 unspecified atom stereocenters. The molecule has 4 heteroatoms. The molecule has 0 bridgehead atoms. The van der Waals surface area contributed by atoms with Gasteiger partial charge in [0.1, 0.15) is 0 Å². The van der Waals surface area contributed by atoms with Crippen LogP contribution in [0.25, 0.3) is 0 Å². The number of nitrogens with one attached hydrogen (secondary N) is 1. The van der Waals surface area contributed by atoms with Crippen LogP contribution in [-0.4, -0.2) is 29.7 Å². The van der Waals surface area contributed by atoms with Crippen molar-refractivity contribution < 1.29 is 9.90 Å². The Bertz CT molecular complexity index is 158. The first-order valence-electron chi connectivity index (χ1n) is 4.66. The van der Waals surface area contributed by atoms with Crippen LogP contribution in [0.5, 0.6) is 0 Å². The van der Waals surface area contributed by atoms with E-state index in [9.17, 15) is 4.79 Å². The maximum Gasteiger partial charge on any atom is 0.237 e. The largest absolute Gasteiger partial charge is 0.396 e. The van der Waals surface area contributed by atoms with Crippen LogP contribution in [-0.2, 0) is 4.79 Å². The number of hydrogen-bond donors (Lipinski definition) is 3. The summed E-state index contributed by atoms with van der Waals surface area (Å²) < 4.78 is 0. The van der Waals surface area contributed by atoms with Crippen LogP contribution >= 0.6 is 0 Å². The van der Waals surface area contributed by atoms with Gasteiger partial charge in [-0.05, 0) is 39.7 Å². The molecular formula is C9H20N2O2. The number of rotatable bonds is 7. The molecule has 0 aliphatic heterocycles. The molecule has 0 aliphatic carbocycles. The van der Waals surface area contributed by atoms with Crippen molar-refractivity contribution in [3.05, 3.63) is 0 Å². The van der Waals surface area contributed by atoms with E-state index in [0.29, 0.717) is 0 Å². The molecule has 0 fully saturated rings. The zero-order valence-electron chi connectivity index (χ0n) is 8.47. The molecular weight excluding hydrogens is 168 g/mol. The van der Waals surface area contributed by atoms with Crippen LogP contribution in [0.3, 0.4) is 0 Å². The van der Waals surface area contributed by atoms with Crippen LogP contribution in [0.4, 0.5) is 0 Å². The molecule has 4 N–H and O–H groups in total. The minimum Gasteiger partial charge on any atom is -0.396 e. The van der Waals surface area contributed by atoms with E-state index in [1.807, 2.05) is 0 Å². The van der Waals surface area contributed by atoms with E-state index in [-0.39, 0.29) is 12.5 Å². The van der Waals surface area contributed by atoms with Gasteiger partial charge in [0.05, 0.1) is 5.54 Å². The third kappa shape index (κ3) is 5.60. The van der Waals surface area contributed by atoms with Gasteiger partial charge < -0.3 is 16.2 Å². The Balaban J connectivity index is 3.46. The fourth-order valence-electron chi connectivity index (χ4n) is 0.902. The first-order valence-corrected chi connectivity index (χ1v) is 4.66. The quantitative estimate of drug-likeness (QED) is 0.492. The van der Waals surface area contributed by atoms with E-state index >= 15 is 0 Å². The Kier molecular flexibility index (Phi) is 5.66. The average molecular weight is 188 g/mol. The van der Waals surface area contributed by atoms with E-state index < -0.39 is 5.54 Å². The minimum absolute atomic E-state index is 0.235. The maximum absolute atomic E-state index is 10.9. The van der Waals surface area contributed by atoms with Crippen molar-refractivity contribution in [1.82, 2.24) is 5.32 Å². The van der Waals surface area contributed by atoms with Crippen molar-refractivity contribution in [2.75, 3.05) is 13.2 Å². The normalized spacial score (nSPS) is 11.6. The molecule has 0 saturated heterocycles. The fraction of sp³-hybridized carbons (Fsp3) is 0.889. The third-order valence-electron chi connectivity index (χ3n) is 2.02. The Morgan fingerprint density at radius 2 is 2.00 bits per heavy atom. The number of carbonyl (C=O) groups excluding carboxylic acids is 1. The Morgan fingerprint density at radius 3 is 2.46 bits per heavy atom. The van der Waals surface area contributed by atoms with E-state index in [1.165, 1.54) is 0 Å². The highest BCUT2D eigenvalue weighted by Gasteiger charge is 2.22. The number of primary amides is 1. The van der Waals surface area contributed by atoms with Crippen molar-refractivity contribution in [3.63, 3.8) is 0 Å². The zero-order chi connectivity index (χ0) is 10.3. The molecule has 13 heavy (non-hydrogen) atoms. The predicted molar refractivity (Wildman–Crippen MR) is 52.2 cm³/mol. The second kappa shape index (κ2) is 5.94. The van der Waals surface area contributed by atoms with Crippen molar-refractivity contribution in [2.45, 2.75) is 38.6 Å². The predicted octanol–water partition coefficient (Wildman–Crippen LogP) is 0.00250. The number of aliphatic hydroxyl groups excluding tert-OH is 1. The summed E-state index contributed by atoms with van der Waals surface area (Å²) in [5.41, 5.74) is 4.54. The molecule has 0 spiro atoms. The van der Waals surface area contributed by atoms with Gasteiger partial charge in [0, 0.05) is 6.61 Å². The summed E-state index contributed by atoms with van der Waals surface area (Å²) in [4.78, 5) is 10.9. The van der Waals surface area contributed by atoms with E-state index in [0.717, 1.165) is 25.8 Å². The number of aliphatic hydroxyl groups is 1. The first-order chi connectivity index (χ1) is 6.00. The van der Waals surface area contributed by atoms with Crippen LogP contribution < -0.4 is 11.1 Å². The number of nitrogens with two attached hydrogens (primary N) is 1. The zero-order valence-corrected chi connectivity index (χ0v) is 8.47. The van der Waals surface area contributed by atoms with E-state index in [2.05, 4.69) is 5.32 Å². The molecule has 0 saturated carbocycles. The van der Waals surface area contributed by atoms with Crippen molar-refractivity contribution in [2.24, 2.45) is 5.73 Å². The fourth-order valence-corrected chi connectivity index (χ4v) is 0.902. The highest BCUT2D eigenvalue weighted by molar-refractivity contribution is 5.83. The number of amides is 1. The van der Waals surface area contributed by atoms with Crippen LogP contribution in [0.15, 0.2) is 0 Å². The molecule has 1 amide bonds.